The number of hydrogen-bond acceptors (Lipinski definition) is 6. The number of hydrogen-bond donors (Lipinski definition) is 0. The van der Waals surface area contributed by atoms with Crippen molar-refractivity contribution in [2.24, 2.45) is 0 Å². The van der Waals surface area contributed by atoms with E-state index in [0.29, 0.717) is 28.8 Å². The van der Waals surface area contributed by atoms with Crippen molar-refractivity contribution in [3.8, 4) is 5.69 Å². The minimum atomic E-state index is -0.380. The second-order valence-electron chi connectivity index (χ2n) is 5.51. The summed E-state index contributed by atoms with van der Waals surface area (Å²) < 4.78 is 19.6. The van der Waals surface area contributed by atoms with Crippen LogP contribution in [0.2, 0.25) is 0 Å². The number of ether oxygens (including phenoxy) is 1. The van der Waals surface area contributed by atoms with Gasteiger partial charge < -0.3 is 4.74 Å². The molecule has 1 aliphatic heterocycles. The molecule has 0 radical (unpaired) electrons. The lowest BCUT2D eigenvalue weighted by Gasteiger charge is -2.13. The van der Waals surface area contributed by atoms with Gasteiger partial charge >= 0.3 is 5.97 Å². The Bertz CT molecular complexity index is 852. The van der Waals surface area contributed by atoms with E-state index in [1.54, 1.807) is 6.92 Å². The van der Waals surface area contributed by atoms with E-state index in [4.69, 9.17) is 4.74 Å². The van der Waals surface area contributed by atoms with Crippen molar-refractivity contribution in [3.63, 3.8) is 0 Å². The number of carbonyl (C=O) groups is 1. The predicted octanol–water partition coefficient (Wildman–Crippen LogP) is 3.06. The predicted molar refractivity (Wildman–Crippen MR) is 96.2 cm³/mol. The topological polar surface area (TPSA) is 61.2 Å². The maximum atomic E-state index is 13.2. The Labute approximate surface area is 153 Å². The molecule has 8 heteroatoms. The monoisotopic (exact) mass is 380 g/mol. The quantitative estimate of drug-likeness (QED) is 0.451. The fraction of sp³-hybridized carbons (Fsp3) is 0.353. The van der Waals surface area contributed by atoms with E-state index in [1.165, 1.54) is 40.6 Å². The van der Waals surface area contributed by atoms with E-state index in [-0.39, 0.29) is 28.3 Å². The lowest BCUT2D eigenvalue weighted by molar-refractivity contribution is -0.139. The van der Waals surface area contributed by atoms with Crippen LogP contribution in [0.5, 0.6) is 0 Å². The van der Waals surface area contributed by atoms with Gasteiger partial charge in [-0.2, -0.15) is 0 Å². The van der Waals surface area contributed by atoms with Gasteiger partial charge in [0.1, 0.15) is 5.82 Å². The molecule has 2 heterocycles. The number of nitrogens with zero attached hydrogens (tertiary/aromatic N) is 2. The van der Waals surface area contributed by atoms with E-state index in [0.717, 1.165) is 17.5 Å². The maximum Gasteiger partial charge on any atom is 0.316 e. The van der Waals surface area contributed by atoms with Crippen LogP contribution in [0, 0.1) is 5.82 Å². The lowest BCUT2D eigenvalue weighted by atomic mass is 10.2. The molecule has 2 aromatic rings. The molecule has 0 unspecified atom stereocenters. The number of benzene rings is 1. The SMILES string of the molecule is CCOC(=O)CSc1nc2c(c(=O)n1-c1ccc(F)cc1)S[C@@H](C)C2. The van der Waals surface area contributed by atoms with Crippen LogP contribution in [0.15, 0.2) is 39.1 Å². The second-order valence-corrected chi connectivity index (χ2v) is 7.90. The Morgan fingerprint density at radius 3 is 2.84 bits per heavy atom. The molecule has 132 valence electrons. The molecule has 0 saturated heterocycles. The van der Waals surface area contributed by atoms with E-state index in [9.17, 15) is 14.0 Å². The molecule has 1 aromatic heterocycles. The molecular weight excluding hydrogens is 363 g/mol. The van der Waals surface area contributed by atoms with Crippen LogP contribution in [0.4, 0.5) is 4.39 Å². The standard InChI is InChI=1S/C17H17FN2O3S2/c1-3-23-14(21)9-24-17-19-13-8-10(2)25-15(13)16(22)20(17)12-6-4-11(18)5-7-12/h4-7,10H,3,8-9H2,1-2H3/t10-/m0/s1. The van der Waals surface area contributed by atoms with Crippen molar-refractivity contribution in [3.05, 3.63) is 46.1 Å². The van der Waals surface area contributed by atoms with E-state index < -0.39 is 0 Å². The van der Waals surface area contributed by atoms with Gasteiger partial charge in [-0.3, -0.25) is 14.2 Å². The first-order chi connectivity index (χ1) is 12.0. The van der Waals surface area contributed by atoms with Gasteiger partial charge in [-0.1, -0.05) is 18.7 Å². The third-order valence-corrected chi connectivity index (χ3v) is 5.72. The van der Waals surface area contributed by atoms with E-state index in [1.807, 2.05) is 6.92 Å². The highest BCUT2D eigenvalue weighted by atomic mass is 32.2. The number of aromatic nitrogens is 2. The first kappa shape index (κ1) is 18.0. The number of esters is 1. The fourth-order valence-electron chi connectivity index (χ4n) is 2.54. The highest BCUT2D eigenvalue weighted by Crippen LogP contribution is 2.34. The zero-order chi connectivity index (χ0) is 18.0. The average Bonchev–Trinajstić information content (AvgIpc) is 2.95. The van der Waals surface area contributed by atoms with Gasteiger partial charge in [0, 0.05) is 11.7 Å². The molecule has 0 spiro atoms. The molecule has 0 fully saturated rings. The van der Waals surface area contributed by atoms with Crippen molar-refractivity contribution in [1.82, 2.24) is 9.55 Å². The molecule has 1 aromatic carbocycles. The van der Waals surface area contributed by atoms with Crippen LogP contribution >= 0.6 is 23.5 Å². The van der Waals surface area contributed by atoms with Gasteiger partial charge in [0.05, 0.1) is 28.6 Å². The van der Waals surface area contributed by atoms with Crippen LogP contribution in [0.25, 0.3) is 5.69 Å². The molecule has 0 amide bonds. The molecule has 5 nitrogen and oxygen atoms in total. The smallest absolute Gasteiger partial charge is 0.316 e. The van der Waals surface area contributed by atoms with Crippen LogP contribution in [-0.2, 0) is 16.0 Å². The first-order valence-electron chi connectivity index (χ1n) is 7.86. The van der Waals surface area contributed by atoms with Crippen LogP contribution in [-0.4, -0.2) is 33.1 Å². The summed E-state index contributed by atoms with van der Waals surface area (Å²) in [5, 5.41) is 0.695. The molecular formula is C17H17FN2O3S2. The van der Waals surface area contributed by atoms with Crippen LogP contribution < -0.4 is 5.56 Å². The minimum absolute atomic E-state index is 0.0585. The van der Waals surface area contributed by atoms with E-state index in [2.05, 4.69) is 4.98 Å². The summed E-state index contributed by atoms with van der Waals surface area (Å²) in [6.07, 6.45) is 0.715. The number of thioether (sulfide) groups is 2. The van der Waals surface area contributed by atoms with Gasteiger partial charge in [0.15, 0.2) is 5.16 Å². The lowest BCUT2D eigenvalue weighted by Crippen LogP contribution is -2.24. The average molecular weight is 380 g/mol. The van der Waals surface area contributed by atoms with E-state index >= 15 is 0 Å². The molecule has 3 rings (SSSR count). The largest absolute Gasteiger partial charge is 0.465 e. The summed E-state index contributed by atoms with van der Waals surface area (Å²) in [6.45, 7) is 4.08. The number of rotatable bonds is 5. The van der Waals surface area contributed by atoms with Gasteiger partial charge in [-0.05, 0) is 31.2 Å². The number of carbonyl (C=O) groups excluding carboxylic acids is 1. The number of fused-ring (bicyclic) bond motifs is 1. The van der Waals surface area contributed by atoms with Gasteiger partial charge in [-0.25, -0.2) is 9.37 Å². The first-order valence-corrected chi connectivity index (χ1v) is 9.73. The zero-order valence-corrected chi connectivity index (χ0v) is 15.5. The molecule has 0 N–H and O–H groups in total. The summed E-state index contributed by atoms with van der Waals surface area (Å²) in [6, 6.07) is 5.65. The second kappa shape index (κ2) is 7.61. The minimum Gasteiger partial charge on any atom is -0.465 e. The van der Waals surface area contributed by atoms with Gasteiger partial charge in [0.25, 0.3) is 5.56 Å². The Balaban J connectivity index is 2.04. The summed E-state index contributed by atoms with van der Waals surface area (Å²) in [7, 11) is 0. The Kier molecular flexibility index (Phi) is 5.48. The third-order valence-electron chi connectivity index (χ3n) is 3.59. The van der Waals surface area contributed by atoms with Crippen molar-refractivity contribution >= 4 is 29.5 Å². The molecule has 25 heavy (non-hydrogen) atoms. The summed E-state index contributed by atoms with van der Waals surface area (Å²) >= 11 is 2.65. The Hall–Kier alpha value is -1.80. The molecule has 0 aliphatic carbocycles. The van der Waals surface area contributed by atoms with Gasteiger partial charge in [0.2, 0.25) is 0 Å². The normalized spacial score (nSPS) is 15.9. The fourth-order valence-corrected chi connectivity index (χ4v) is 4.46. The van der Waals surface area contributed by atoms with Crippen molar-refractivity contribution in [1.29, 1.82) is 0 Å². The highest BCUT2D eigenvalue weighted by molar-refractivity contribution is 8.00. The van der Waals surface area contributed by atoms with Crippen LogP contribution in [0.3, 0.4) is 0 Å². The number of halogens is 1. The molecule has 1 atom stereocenters. The van der Waals surface area contributed by atoms with Crippen LogP contribution in [0.1, 0.15) is 19.5 Å². The Morgan fingerprint density at radius 2 is 2.16 bits per heavy atom. The molecule has 0 bridgehead atoms. The Morgan fingerprint density at radius 1 is 1.44 bits per heavy atom. The van der Waals surface area contributed by atoms with Crippen molar-refractivity contribution < 1.29 is 13.9 Å². The molecule has 1 aliphatic rings. The highest BCUT2D eigenvalue weighted by Gasteiger charge is 2.27. The third kappa shape index (κ3) is 3.90. The van der Waals surface area contributed by atoms with Crippen molar-refractivity contribution in [2.75, 3.05) is 12.4 Å². The zero-order valence-electron chi connectivity index (χ0n) is 13.8. The summed E-state index contributed by atoms with van der Waals surface area (Å²) in [5.74, 6) is -0.687. The molecule has 0 saturated carbocycles. The van der Waals surface area contributed by atoms with Crippen molar-refractivity contribution in [2.45, 2.75) is 35.6 Å². The summed E-state index contributed by atoms with van der Waals surface area (Å²) in [5.41, 5.74) is 1.10. The summed E-state index contributed by atoms with van der Waals surface area (Å²) in [4.78, 5) is 29.9. The maximum absolute atomic E-state index is 13.2. The van der Waals surface area contributed by atoms with Gasteiger partial charge in [-0.15, -0.1) is 11.8 Å².